The van der Waals surface area contributed by atoms with Gasteiger partial charge in [-0.15, -0.1) is 0 Å². The van der Waals surface area contributed by atoms with Gasteiger partial charge < -0.3 is 14.4 Å². The number of hydrogen-bond donors (Lipinski definition) is 0. The molecule has 0 aliphatic carbocycles. The molecule has 0 saturated carbocycles. The molecule has 2 aromatic carbocycles. The second-order valence-corrected chi connectivity index (χ2v) is 8.90. The SMILES string of the molecule is Cc1cccc(Cn2cccc(C(=O)N3CCN(C(=O)c4ccc(Cl)cc4Cl)CC3)c2=O)c1. The van der Waals surface area contributed by atoms with Gasteiger partial charge in [0, 0.05) is 37.4 Å². The van der Waals surface area contributed by atoms with Crippen molar-refractivity contribution in [2.45, 2.75) is 13.5 Å². The summed E-state index contributed by atoms with van der Waals surface area (Å²) < 4.78 is 1.55. The molecule has 1 fully saturated rings. The van der Waals surface area contributed by atoms with E-state index < -0.39 is 0 Å². The van der Waals surface area contributed by atoms with Crippen LogP contribution in [0.3, 0.4) is 0 Å². The number of pyridine rings is 1. The topological polar surface area (TPSA) is 62.6 Å². The van der Waals surface area contributed by atoms with Crippen molar-refractivity contribution >= 4 is 35.0 Å². The molecule has 1 saturated heterocycles. The number of hydrogen-bond acceptors (Lipinski definition) is 3. The van der Waals surface area contributed by atoms with Crippen molar-refractivity contribution in [1.82, 2.24) is 14.4 Å². The lowest BCUT2D eigenvalue weighted by Gasteiger charge is -2.35. The fraction of sp³-hybridized carbons (Fsp3) is 0.240. The van der Waals surface area contributed by atoms with Crippen LogP contribution in [0.1, 0.15) is 31.8 Å². The molecule has 3 aromatic rings. The van der Waals surface area contributed by atoms with Gasteiger partial charge >= 0.3 is 0 Å². The standard InChI is InChI=1S/C25H23Cl2N3O3/c1-17-4-2-5-18(14-17)16-30-9-3-6-21(25(30)33)24(32)29-12-10-28(11-13-29)23(31)20-8-7-19(26)15-22(20)27/h2-9,14-15H,10-13,16H2,1H3. The van der Waals surface area contributed by atoms with Gasteiger partial charge in [-0.1, -0.05) is 53.0 Å². The number of rotatable bonds is 4. The molecule has 0 N–H and O–H groups in total. The highest BCUT2D eigenvalue weighted by Crippen LogP contribution is 2.23. The molecule has 4 rings (SSSR count). The fourth-order valence-electron chi connectivity index (χ4n) is 3.95. The molecule has 0 unspecified atom stereocenters. The largest absolute Gasteiger partial charge is 0.335 e. The minimum atomic E-state index is -0.324. The zero-order valence-electron chi connectivity index (χ0n) is 18.1. The van der Waals surface area contributed by atoms with E-state index in [4.69, 9.17) is 23.2 Å². The highest BCUT2D eigenvalue weighted by Gasteiger charge is 2.27. The number of nitrogens with zero attached hydrogens (tertiary/aromatic N) is 3. The number of piperazine rings is 1. The first kappa shape index (κ1) is 23.1. The van der Waals surface area contributed by atoms with Crippen molar-refractivity contribution in [3.05, 3.63) is 103 Å². The Labute approximate surface area is 201 Å². The molecule has 170 valence electrons. The molecule has 1 aliphatic rings. The fourth-order valence-corrected chi connectivity index (χ4v) is 4.44. The molecule has 0 bridgehead atoms. The highest BCUT2D eigenvalue weighted by molar-refractivity contribution is 6.36. The lowest BCUT2D eigenvalue weighted by atomic mass is 10.1. The maximum absolute atomic E-state index is 13.1. The lowest BCUT2D eigenvalue weighted by Crippen LogP contribution is -2.51. The molecule has 1 aromatic heterocycles. The summed E-state index contributed by atoms with van der Waals surface area (Å²) in [7, 11) is 0. The maximum Gasteiger partial charge on any atom is 0.263 e. The van der Waals surface area contributed by atoms with E-state index in [-0.39, 0.29) is 22.9 Å². The summed E-state index contributed by atoms with van der Waals surface area (Å²) in [4.78, 5) is 42.2. The quantitative estimate of drug-likeness (QED) is 0.560. The third-order valence-electron chi connectivity index (χ3n) is 5.70. The van der Waals surface area contributed by atoms with Crippen LogP contribution in [-0.2, 0) is 6.54 Å². The summed E-state index contributed by atoms with van der Waals surface area (Å²) in [5.74, 6) is -0.529. The van der Waals surface area contributed by atoms with E-state index in [2.05, 4.69) is 0 Å². The van der Waals surface area contributed by atoms with Crippen LogP contribution in [0.2, 0.25) is 10.0 Å². The zero-order valence-corrected chi connectivity index (χ0v) is 19.6. The molecule has 0 radical (unpaired) electrons. The molecule has 2 amide bonds. The first-order valence-corrected chi connectivity index (χ1v) is 11.4. The highest BCUT2D eigenvalue weighted by atomic mass is 35.5. The van der Waals surface area contributed by atoms with Crippen molar-refractivity contribution in [2.24, 2.45) is 0 Å². The molecule has 0 atom stereocenters. The summed E-state index contributed by atoms with van der Waals surface area (Å²) in [6, 6.07) is 16.0. The molecule has 8 heteroatoms. The molecule has 0 spiro atoms. The summed E-state index contributed by atoms with van der Waals surface area (Å²) >= 11 is 12.1. The van der Waals surface area contributed by atoms with E-state index in [9.17, 15) is 14.4 Å². The number of benzene rings is 2. The van der Waals surface area contributed by atoms with Gasteiger partial charge in [0.2, 0.25) is 0 Å². The van der Waals surface area contributed by atoms with E-state index in [1.807, 2.05) is 31.2 Å². The number of carbonyl (C=O) groups is 2. The average Bonchev–Trinajstić information content (AvgIpc) is 2.80. The van der Waals surface area contributed by atoms with Crippen molar-refractivity contribution < 1.29 is 9.59 Å². The number of amides is 2. The van der Waals surface area contributed by atoms with Crippen LogP contribution in [0.5, 0.6) is 0 Å². The van der Waals surface area contributed by atoms with Crippen molar-refractivity contribution in [3.8, 4) is 0 Å². The third-order valence-corrected chi connectivity index (χ3v) is 6.25. The Bertz CT molecular complexity index is 1260. The molecular weight excluding hydrogens is 461 g/mol. The third kappa shape index (κ3) is 5.13. The molecule has 33 heavy (non-hydrogen) atoms. The Morgan fingerprint density at radius 3 is 2.15 bits per heavy atom. The van der Waals surface area contributed by atoms with E-state index in [1.54, 1.807) is 44.8 Å². The first-order valence-electron chi connectivity index (χ1n) is 10.6. The average molecular weight is 484 g/mol. The van der Waals surface area contributed by atoms with Crippen LogP contribution >= 0.6 is 23.2 Å². The van der Waals surface area contributed by atoms with Gasteiger partial charge in [0.15, 0.2) is 0 Å². The van der Waals surface area contributed by atoms with Crippen molar-refractivity contribution in [1.29, 1.82) is 0 Å². The van der Waals surface area contributed by atoms with Gasteiger partial charge in [0.1, 0.15) is 5.56 Å². The van der Waals surface area contributed by atoms with E-state index in [1.165, 1.54) is 6.07 Å². The first-order chi connectivity index (χ1) is 15.8. The Hall–Kier alpha value is -3.09. The lowest BCUT2D eigenvalue weighted by molar-refractivity contribution is 0.0534. The van der Waals surface area contributed by atoms with Crippen LogP contribution in [0.4, 0.5) is 0 Å². The molecule has 6 nitrogen and oxygen atoms in total. The molecular formula is C25H23Cl2N3O3. The van der Waals surface area contributed by atoms with Crippen LogP contribution in [0.25, 0.3) is 0 Å². The smallest absolute Gasteiger partial charge is 0.263 e. The Kier molecular flexibility index (Phi) is 6.86. The van der Waals surface area contributed by atoms with Gasteiger partial charge in [0.05, 0.1) is 17.1 Å². The van der Waals surface area contributed by atoms with Gasteiger partial charge in [-0.2, -0.15) is 0 Å². The van der Waals surface area contributed by atoms with Crippen molar-refractivity contribution in [2.75, 3.05) is 26.2 Å². The van der Waals surface area contributed by atoms with Crippen LogP contribution < -0.4 is 5.56 Å². The number of aromatic nitrogens is 1. The van der Waals surface area contributed by atoms with E-state index >= 15 is 0 Å². The predicted octanol–water partition coefficient (Wildman–Crippen LogP) is 4.11. The Morgan fingerprint density at radius 1 is 0.848 bits per heavy atom. The number of carbonyl (C=O) groups excluding carboxylic acids is 2. The summed E-state index contributed by atoms with van der Waals surface area (Å²) in [5, 5.41) is 0.757. The molecule has 2 heterocycles. The maximum atomic E-state index is 13.1. The Balaban J connectivity index is 1.44. The van der Waals surface area contributed by atoms with Gasteiger partial charge in [-0.3, -0.25) is 14.4 Å². The van der Waals surface area contributed by atoms with Gasteiger partial charge in [0.25, 0.3) is 17.4 Å². The van der Waals surface area contributed by atoms with Crippen LogP contribution in [0.15, 0.2) is 65.6 Å². The summed E-state index contributed by atoms with van der Waals surface area (Å²) in [6.07, 6.45) is 1.69. The predicted molar refractivity (Wildman–Crippen MR) is 129 cm³/mol. The van der Waals surface area contributed by atoms with E-state index in [0.717, 1.165) is 11.1 Å². The van der Waals surface area contributed by atoms with Crippen LogP contribution in [0, 0.1) is 6.92 Å². The minimum absolute atomic E-state index is 0.130. The van der Waals surface area contributed by atoms with E-state index in [0.29, 0.717) is 48.3 Å². The number of aryl methyl sites for hydroxylation is 1. The summed E-state index contributed by atoms with van der Waals surface area (Å²) in [5.41, 5.74) is 2.29. The number of halogens is 2. The second kappa shape index (κ2) is 9.81. The normalized spacial score (nSPS) is 13.8. The van der Waals surface area contributed by atoms with Crippen molar-refractivity contribution in [3.63, 3.8) is 0 Å². The summed E-state index contributed by atoms with van der Waals surface area (Å²) in [6.45, 7) is 3.77. The zero-order chi connectivity index (χ0) is 23.5. The Morgan fingerprint density at radius 2 is 1.52 bits per heavy atom. The van der Waals surface area contributed by atoms with Gasteiger partial charge in [-0.25, -0.2) is 0 Å². The minimum Gasteiger partial charge on any atom is -0.335 e. The second-order valence-electron chi connectivity index (χ2n) is 8.05. The van der Waals surface area contributed by atoms with Gasteiger partial charge in [-0.05, 0) is 42.8 Å². The monoisotopic (exact) mass is 483 g/mol. The molecule has 1 aliphatic heterocycles. The van der Waals surface area contributed by atoms with Crippen LogP contribution in [-0.4, -0.2) is 52.4 Å².